The molecule has 0 fully saturated rings. The van der Waals surface area contributed by atoms with Crippen molar-refractivity contribution in [1.82, 2.24) is 0 Å². The fraction of sp³-hybridized carbons (Fsp3) is 0.900. The van der Waals surface area contributed by atoms with Gasteiger partial charge in [-0.2, -0.15) is 0 Å². The first-order valence-electron chi connectivity index (χ1n) is 5.84. The molecule has 0 unspecified atom stereocenters. The lowest BCUT2D eigenvalue weighted by atomic mass is 10.1. The van der Waals surface area contributed by atoms with Crippen molar-refractivity contribution in [3.05, 3.63) is 0 Å². The number of hydrogen-bond acceptors (Lipinski definition) is 4. The minimum atomic E-state index is -3.72. The zero-order valence-corrected chi connectivity index (χ0v) is 12.2. The van der Waals surface area contributed by atoms with Crippen LogP contribution in [0.25, 0.3) is 0 Å². The molecule has 0 amide bonds. The molecule has 5 nitrogen and oxygen atoms in total. The topological polar surface area (TPSA) is 71.3 Å². The molecular weight excluding hydrogens is 261 g/mol. The molecule has 0 aliphatic carbocycles. The second-order valence-electron chi connectivity index (χ2n) is 3.78. The average molecular weight is 283 g/mol. The van der Waals surface area contributed by atoms with E-state index in [0.29, 0.717) is 12.3 Å². The number of rotatable bonds is 9. The van der Waals surface area contributed by atoms with Crippen molar-refractivity contribution in [2.45, 2.75) is 51.9 Å². The summed E-state index contributed by atoms with van der Waals surface area (Å²) in [5.74, 6) is 0.345. The van der Waals surface area contributed by atoms with E-state index in [-0.39, 0.29) is 0 Å². The quantitative estimate of drug-likeness (QED) is 0.224. The van der Waals surface area contributed by atoms with Crippen LogP contribution >= 0.6 is 6.72 Å². The monoisotopic (exact) mass is 283 g/mol. The van der Waals surface area contributed by atoms with Crippen molar-refractivity contribution in [2.75, 3.05) is 7.11 Å². The molecule has 0 bridgehead atoms. The van der Waals surface area contributed by atoms with Crippen molar-refractivity contribution in [2.24, 2.45) is 5.16 Å². The third-order valence-electron chi connectivity index (χ3n) is 2.23. The Morgan fingerprint density at radius 2 is 1.76 bits per heavy atom. The number of ether oxygens (including phenoxy) is 1. The first kappa shape index (κ1) is 16.8. The number of nitrogens with zero attached hydrogens (tertiary/aromatic N) is 1. The highest BCUT2D eigenvalue weighted by molar-refractivity contribution is 8.06. The van der Waals surface area contributed by atoms with Gasteiger partial charge < -0.3 is 19.1 Å². The summed E-state index contributed by atoms with van der Waals surface area (Å²) in [6, 6.07) is 0. The Labute approximate surface area is 108 Å². The molecule has 0 radical (unpaired) electrons. The van der Waals surface area contributed by atoms with E-state index in [4.69, 9.17) is 14.5 Å². The Bertz CT molecular complexity index is 267. The molecule has 0 aromatic carbocycles. The van der Waals surface area contributed by atoms with Crippen molar-refractivity contribution in [1.29, 1.82) is 0 Å². The molecular formula is C10H22NO4PS. The number of unbranched alkanes of at least 4 members (excludes halogenated alkanes) is 5. The molecule has 102 valence electrons. The van der Waals surface area contributed by atoms with Crippen LogP contribution in [0.4, 0.5) is 0 Å². The molecule has 2 N–H and O–H groups in total. The van der Waals surface area contributed by atoms with Crippen LogP contribution in [-0.4, -0.2) is 22.8 Å². The Kier molecular flexibility index (Phi) is 9.74. The maximum Gasteiger partial charge on any atom is 0.397 e. The Balaban J connectivity index is 3.71. The van der Waals surface area contributed by atoms with E-state index in [1.54, 1.807) is 0 Å². The molecule has 0 aliphatic heterocycles. The molecule has 7 heteroatoms. The van der Waals surface area contributed by atoms with Gasteiger partial charge in [-0.25, -0.2) is 0 Å². The van der Waals surface area contributed by atoms with E-state index in [9.17, 15) is 0 Å². The maximum atomic E-state index is 8.83. The third kappa shape index (κ3) is 12.1. The van der Waals surface area contributed by atoms with E-state index in [0.717, 1.165) is 12.8 Å². The highest BCUT2D eigenvalue weighted by atomic mass is 32.5. The van der Waals surface area contributed by atoms with Gasteiger partial charge in [-0.15, -0.1) is 0 Å². The maximum absolute atomic E-state index is 8.83. The Morgan fingerprint density at radius 1 is 1.18 bits per heavy atom. The summed E-state index contributed by atoms with van der Waals surface area (Å²) in [6.45, 7) is -1.54. The fourth-order valence-electron chi connectivity index (χ4n) is 1.34. The second kappa shape index (κ2) is 9.83. The van der Waals surface area contributed by atoms with Gasteiger partial charge in [0.1, 0.15) is 0 Å². The first-order valence-corrected chi connectivity index (χ1v) is 8.47. The van der Waals surface area contributed by atoms with Gasteiger partial charge in [0.15, 0.2) is 0 Å². The fourth-order valence-corrected chi connectivity index (χ4v) is 1.64. The summed E-state index contributed by atoms with van der Waals surface area (Å²) < 4.78 is 9.33. The lowest BCUT2D eigenvalue weighted by molar-refractivity contribution is 0.246. The molecule has 0 heterocycles. The van der Waals surface area contributed by atoms with E-state index < -0.39 is 6.72 Å². The minimum Gasteiger partial charge on any atom is -0.482 e. The molecule has 0 spiro atoms. The summed E-state index contributed by atoms with van der Waals surface area (Å²) in [5, 5.41) is 3.49. The Hall–Kier alpha value is -0.160. The van der Waals surface area contributed by atoms with Gasteiger partial charge in [-0.05, 0) is 11.6 Å². The predicted molar refractivity (Wildman–Crippen MR) is 72.2 cm³/mol. The standard InChI is InChI=1S/C10H22NO4PS/c1-3-4-5-6-7-8-9-10(14-2)11-15-16(12,13)17/h3-9H2,1-2H3,(H2,12,13,17). The van der Waals surface area contributed by atoms with Gasteiger partial charge >= 0.3 is 6.72 Å². The largest absolute Gasteiger partial charge is 0.482 e. The summed E-state index contributed by atoms with van der Waals surface area (Å²) in [5.41, 5.74) is 0. The van der Waals surface area contributed by atoms with Crippen LogP contribution in [-0.2, 0) is 21.2 Å². The third-order valence-corrected chi connectivity index (χ3v) is 2.72. The number of hydrogen-bond donors (Lipinski definition) is 2. The Morgan fingerprint density at radius 3 is 2.29 bits per heavy atom. The molecule has 0 atom stereocenters. The highest BCUT2D eigenvalue weighted by Crippen LogP contribution is 2.36. The van der Waals surface area contributed by atoms with Crippen LogP contribution in [0, 0.1) is 0 Å². The second-order valence-corrected chi connectivity index (χ2v) is 6.35. The van der Waals surface area contributed by atoms with Crippen molar-refractivity contribution < 1.29 is 19.1 Å². The average Bonchev–Trinajstić information content (AvgIpc) is 2.26. The van der Waals surface area contributed by atoms with Gasteiger partial charge in [0.05, 0.1) is 7.11 Å². The number of methoxy groups -OCH3 is 1. The van der Waals surface area contributed by atoms with Gasteiger partial charge in [0.2, 0.25) is 5.90 Å². The van der Waals surface area contributed by atoms with Crippen molar-refractivity contribution >= 4 is 24.4 Å². The van der Waals surface area contributed by atoms with Gasteiger partial charge in [0, 0.05) is 18.2 Å². The molecule has 0 aromatic rings. The molecule has 0 aliphatic rings. The van der Waals surface area contributed by atoms with Crippen LogP contribution in [0.5, 0.6) is 0 Å². The van der Waals surface area contributed by atoms with Gasteiger partial charge in [0.25, 0.3) is 0 Å². The van der Waals surface area contributed by atoms with Crippen LogP contribution in [0.2, 0.25) is 0 Å². The number of oxime groups is 1. The van der Waals surface area contributed by atoms with Crippen molar-refractivity contribution in [3.8, 4) is 0 Å². The lowest BCUT2D eigenvalue weighted by Gasteiger charge is -2.07. The van der Waals surface area contributed by atoms with Crippen LogP contribution in [0.1, 0.15) is 51.9 Å². The van der Waals surface area contributed by atoms with Gasteiger partial charge in [-0.3, -0.25) is 0 Å². The SMILES string of the molecule is CCCCCCCCC(=NOP(O)(O)=S)OC. The zero-order chi connectivity index (χ0) is 13.1. The summed E-state index contributed by atoms with van der Waals surface area (Å²) in [6.07, 6.45) is 7.62. The van der Waals surface area contributed by atoms with E-state index in [2.05, 4.69) is 28.5 Å². The van der Waals surface area contributed by atoms with E-state index in [1.165, 1.54) is 32.8 Å². The first-order chi connectivity index (χ1) is 7.99. The molecule has 0 saturated carbocycles. The lowest BCUT2D eigenvalue weighted by Crippen LogP contribution is -2.02. The zero-order valence-electron chi connectivity index (χ0n) is 10.5. The van der Waals surface area contributed by atoms with E-state index >= 15 is 0 Å². The summed E-state index contributed by atoms with van der Waals surface area (Å²) >= 11 is 4.27. The molecule has 0 saturated heterocycles. The van der Waals surface area contributed by atoms with Crippen LogP contribution in [0.3, 0.4) is 0 Å². The van der Waals surface area contributed by atoms with Crippen molar-refractivity contribution in [3.63, 3.8) is 0 Å². The van der Waals surface area contributed by atoms with E-state index in [1.807, 2.05) is 0 Å². The molecule has 0 rings (SSSR count). The van der Waals surface area contributed by atoms with Crippen LogP contribution < -0.4 is 0 Å². The smallest absolute Gasteiger partial charge is 0.397 e. The predicted octanol–water partition coefficient (Wildman–Crippen LogP) is 2.92. The minimum absolute atomic E-state index is 0.345. The normalized spacial score (nSPS) is 12.6. The summed E-state index contributed by atoms with van der Waals surface area (Å²) in [7, 11) is 1.47. The summed E-state index contributed by atoms with van der Waals surface area (Å²) in [4.78, 5) is 17.7. The molecule has 17 heavy (non-hydrogen) atoms. The highest BCUT2D eigenvalue weighted by Gasteiger charge is 2.09. The molecule has 0 aromatic heterocycles. The van der Waals surface area contributed by atoms with Gasteiger partial charge in [-0.1, -0.05) is 39.0 Å². The van der Waals surface area contributed by atoms with Crippen LogP contribution in [0.15, 0.2) is 5.16 Å².